The summed E-state index contributed by atoms with van der Waals surface area (Å²) in [7, 11) is 1.62. The molecule has 0 aliphatic rings. The Morgan fingerprint density at radius 3 is 2.83 bits per heavy atom. The summed E-state index contributed by atoms with van der Waals surface area (Å²) in [6.45, 7) is 4.03. The largest absolute Gasteiger partial charge is 0.477 e. The van der Waals surface area contributed by atoms with E-state index >= 15 is 0 Å². The molecule has 0 spiro atoms. The lowest BCUT2D eigenvalue weighted by Crippen LogP contribution is -2.21. The third-order valence-electron chi connectivity index (χ3n) is 2.30. The Morgan fingerprint density at radius 1 is 1.67 bits per heavy atom. The molecule has 0 amide bonds. The average Bonchev–Trinajstić information content (AvgIpc) is 2.34. The van der Waals surface area contributed by atoms with Crippen molar-refractivity contribution in [1.82, 2.24) is 4.98 Å². The fourth-order valence-electron chi connectivity index (χ4n) is 1.37. The molecule has 1 aromatic rings. The van der Waals surface area contributed by atoms with Crippen LogP contribution in [0.5, 0.6) is 0 Å². The summed E-state index contributed by atoms with van der Waals surface area (Å²) in [6, 6.07) is 2.27. The highest BCUT2D eigenvalue weighted by molar-refractivity contribution is 5.86. The van der Waals surface area contributed by atoms with Gasteiger partial charge in [0.05, 0.1) is 4.92 Å². The van der Waals surface area contributed by atoms with Gasteiger partial charge in [0.15, 0.2) is 5.69 Å². The molecule has 1 heterocycles. The summed E-state index contributed by atoms with van der Waals surface area (Å²) >= 11 is 0. The number of hydrogen-bond donors (Lipinski definition) is 1. The van der Waals surface area contributed by atoms with Crippen molar-refractivity contribution in [1.29, 1.82) is 0 Å². The molecule has 18 heavy (non-hydrogen) atoms. The van der Waals surface area contributed by atoms with Gasteiger partial charge in [0.25, 0.3) is 0 Å². The Labute approximate surface area is 104 Å². The third kappa shape index (κ3) is 3.03. The minimum Gasteiger partial charge on any atom is -0.477 e. The summed E-state index contributed by atoms with van der Waals surface area (Å²) in [5, 5.41) is 19.7. The Morgan fingerprint density at radius 2 is 2.33 bits per heavy atom. The summed E-state index contributed by atoms with van der Waals surface area (Å²) in [4.78, 5) is 26.4. The first-order valence-electron chi connectivity index (χ1n) is 5.18. The van der Waals surface area contributed by atoms with Crippen LogP contribution in [0.2, 0.25) is 0 Å². The second-order valence-electron chi connectivity index (χ2n) is 3.60. The van der Waals surface area contributed by atoms with Gasteiger partial charge in [-0.05, 0) is 12.5 Å². The molecule has 0 aromatic carbocycles. The lowest BCUT2D eigenvalue weighted by atomic mass is 10.3. The number of aromatic nitrogens is 1. The first-order valence-corrected chi connectivity index (χ1v) is 5.18. The van der Waals surface area contributed by atoms with Crippen molar-refractivity contribution in [2.45, 2.75) is 6.42 Å². The molecule has 0 radical (unpaired) electrons. The van der Waals surface area contributed by atoms with Crippen LogP contribution in [0.15, 0.2) is 24.8 Å². The Bertz CT molecular complexity index is 487. The predicted molar refractivity (Wildman–Crippen MR) is 65.9 cm³/mol. The van der Waals surface area contributed by atoms with Gasteiger partial charge in [-0.25, -0.2) is 9.78 Å². The van der Waals surface area contributed by atoms with E-state index in [4.69, 9.17) is 5.11 Å². The van der Waals surface area contributed by atoms with Crippen molar-refractivity contribution in [3.63, 3.8) is 0 Å². The SMILES string of the molecule is C=CCCN(C)c1nc(C(=O)O)ccc1[N+](=O)[O-]. The number of carbonyl (C=O) groups is 1. The number of carboxylic acids is 1. The van der Waals surface area contributed by atoms with E-state index in [-0.39, 0.29) is 17.2 Å². The molecule has 0 atom stereocenters. The summed E-state index contributed by atoms with van der Waals surface area (Å²) in [5.74, 6) is -1.18. The fourth-order valence-corrected chi connectivity index (χ4v) is 1.37. The van der Waals surface area contributed by atoms with Crippen LogP contribution in [0.4, 0.5) is 11.5 Å². The van der Waals surface area contributed by atoms with Crippen molar-refractivity contribution >= 4 is 17.5 Å². The van der Waals surface area contributed by atoms with E-state index in [9.17, 15) is 14.9 Å². The van der Waals surface area contributed by atoms with Gasteiger partial charge in [-0.1, -0.05) is 6.08 Å². The number of hydrogen-bond acceptors (Lipinski definition) is 5. The molecule has 0 bridgehead atoms. The lowest BCUT2D eigenvalue weighted by molar-refractivity contribution is -0.384. The van der Waals surface area contributed by atoms with Crippen molar-refractivity contribution < 1.29 is 14.8 Å². The monoisotopic (exact) mass is 251 g/mol. The Hall–Kier alpha value is -2.44. The molecular weight excluding hydrogens is 238 g/mol. The van der Waals surface area contributed by atoms with Gasteiger partial charge in [-0.3, -0.25) is 10.1 Å². The van der Waals surface area contributed by atoms with E-state index in [2.05, 4.69) is 11.6 Å². The molecule has 1 N–H and O–H groups in total. The maximum atomic E-state index is 10.9. The minimum atomic E-state index is -1.22. The van der Waals surface area contributed by atoms with Gasteiger partial charge in [-0.2, -0.15) is 0 Å². The van der Waals surface area contributed by atoms with Crippen molar-refractivity contribution in [3.05, 3.63) is 40.6 Å². The molecule has 0 fully saturated rings. The van der Waals surface area contributed by atoms with E-state index in [1.165, 1.54) is 4.90 Å². The quantitative estimate of drug-likeness (QED) is 0.469. The molecule has 7 heteroatoms. The minimum absolute atomic E-state index is 0.0433. The van der Waals surface area contributed by atoms with Crippen LogP contribution in [0.25, 0.3) is 0 Å². The number of anilines is 1. The highest BCUT2D eigenvalue weighted by atomic mass is 16.6. The topological polar surface area (TPSA) is 96.6 Å². The molecule has 0 saturated heterocycles. The van der Waals surface area contributed by atoms with E-state index in [0.717, 1.165) is 12.1 Å². The normalized spacial score (nSPS) is 9.83. The van der Waals surface area contributed by atoms with Crippen LogP contribution in [0.3, 0.4) is 0 Å². The van der Waals surface area contributed by atoms with E-state index in [1.807, 2.05) is 0 Å². The second kappa shape index (κ2) is 5.76. The van der Waals surface area contributed by atoms with Crippen LogP contribution < -0.4 is 4.90 Å². The van der Waals surface area contributed by atoms with Gasteiger partial charge in [0.1, 0.15) is 0 Å². The average molecular weight is 251 g/mol. The zero-order valence-electron chi connectivity index (χ0n) is 9.87. The Balaban J connectivity index is 3.18. The number of carboxylic acid groups (broad SMARTS) is 1. The summed E-state index contributed by atoms with van der Waals surface area (Å²) in [5.41, 5.74) is -0.437. The number of nitrogens with zero attached hydrogens (tertiary/aromatic N) is 3. The zero-order chi connectivity index (χ0) is 13.7. The zero-order valence-corrected chi connectivity index (χ0v) is 9.87. The lowest BCUT2D eigenvalue weighted by Gasteiger charge is -2.17. The second-order valence-corrected chi connectivity index (χ2v) is 3.60. The maximum absolute atomic E-state index is 10.9. The molecule has 1 rings (SSSR count). The molecule has 0 unspecified atom stereocenters. The van der Waals surface area contributed by atoms with Crippen LogP contribution >= 0.6 is 0 Å². The van der Waals surface area contributed by atoms with E-state index in [0.29, 0.717) is 13.0 Å². The van der Waals surface area contributed by atoms with Crippen LogP contribution in [-0.2, 0) is 0 Å². The van der Waals surface area contributed by atoms with E-state index < -0.39 is 10.9 Å². The first-order chi connectivity index (χ1) is 8.47. The van der Waals surface area contributed by atoms with Gasteiger partial charge in [-0.15, -0.1) is 6.58 Å². The summed E-state index contributed by atoms with van der Waals surface area (Å²) < 4.78 is 0. The van der Waals surface area contributed by atoms with Crippen molar-refractivity contribution in [2.75, 3.05) is 18.5 Å². The van der Waals surface area contributed by atoms with Crippen LogP contribution in [0, 0.1) is 10.1 Å². The first kappa shape index (κ1) is 13.6. The van der Waals surface area contributed by atoms with Crippen LogP contribution in [0.1, 0.15) is 16.9 Å². The number of aromatic carboxylic acids is 1. The maximum Gasteiger partial charge on any atom is 0.354 e. The number of nitro groups is 1. The molecule has 1 aromatic heterocycles. The highest BCUT2D eigenvalue weighted by Gasteiger charge is 2.21. The van der Waals surface area contributed by atoms with Gasteiger partial charge in [0.2, 0.25) is 5.82 Å². The van der Waals surface area contributed by atoms with Gasteiger partial charge in [0, 0.05) is 19.7 Å². The smallest absolute Gasteiger partial charge is 0.354 e. The summed E-state index contributed by atoms with van der Waals surface area (Å²) in [6.07, 6.45) is 2.29. The number of rotatable bonds is 6. The van der Waals surface area contributed by atoms with Gasteiger partial charge >= 0.3 is 11.7 Å². The highest BCUT2D eigenvalue weighted by Crippen LogP contribution is 2.25. The van der Waals surface area contributed by atoms with Crippen molar-refractivity contribution in [2.24, 2.45) is 0 Å². The predicted octanol–water partition coefficient (Wildman–Crippen LogP) is 1.70. The van der Waals surface area contributed by atoms with Crippen LogP contribution in [-0.4, -0.2) is 34.6 Å². The molecular formula is C11H13N3O4. The number of pyridine rings is 1. The molecule has 7 nitrogen and oxygen atoms in total. The Kier molecular flexibility index (Phi) is 4.36. The molecule has 0 aliphatic heterocycles. The molecule has 0 saturated carbocycles. The fraction of sp³-hybridized carbons (Fsp3) is 0.273. The van der Waals surface area contributed by atoms with E-state index in [1.54, 1.807) is 13.1 Å². The molecule has 0 aliphatic carbocycles. The van der Waals surface area contributed by atoms with Gasteiger partial charge < -0.3 is 10.0 Å². The van der Waals surface area contributed by atoms with Crippen molar-refractivity contribution in [3.8, 4) is 0 Å². The third-order valence-corrected chi connectivity index (χ3v) is 2.30. The standard InChI is InChI=1S/C11H13N3O4/c1-3-4-7-13(2)10-9(14(17)18)6-5-8(12-10)11(15)16/h3,5-6H,1,4,7H2,2H3,(H,15,16). The molecule has 96 valence electrons.